The number of halogens is 1. The van der Waals surface area contributed by atoms with Gasteiger partial charge in [0.05, 0.1) is 0 Å². The minimum atomic E-state index is 0.762. The van der Waals surface area contributed by atoms with E-state index < -0.39 is 0 Å². The molecule has 0 atom stereocenters. The Hall–Kier alpha value is -0.900. The summed E-state index contributed by atoms with van der Waals surface area (Å²) in [5, 5.41) is 4.10. The van der Waals surface area contributed by atoms with Crippen LogP contribution in [0, 0.1) is 0 Å². The molecular formula is C9H8BrN3. The van der Waals surface area contributed by atoms with E-state index in [1.807, 2.05) is 0 Å². The number of rotatable bonds is 1. The van der Waals surface area contributed by atoms with Gasteiger partial charge in [-0.2, -0.15) is 5.10 Å². The molecule has 0 spiro atoms. The molecule has 13 heavy (non-hydrogen) atoms. The second-order valence-electron chi connectivity index (χ2n) is 3.42. The lowest BCUT2D eigenvalue weighted by molar-refractivity contribution is 0.924. The molecule has 1 aliphatic rings. The van der Waals surface area contributed by atoms with Gasteiger partial charge in [-0.15, -0.1) is 0 Å². The average molecular weight is 238 g/mol. The Kier molecular flexibility index (Phi) is 1.47. The fourth-order valence-electron chi connectivity index (χ4n) is 1.56. The largest absolute Gasteiger partial charge is 0.215 e. The molecule has 0 unspecified atom stereocenters. The predicted molar refractivity (Wildman–Crippen MR) is 52.7 cm³/mol. The molecule has 1 aliphatic carbocycles. The quantitative estimate of drug-likeness (QED) is 0.714. The van der Waals surface area contributed by atoms with Gasteiger partial charge in [-0.1, -0.05) is 0 Å². The van der Waals surface area contributed by atoms with Crippen LogP contribution in [-0.4, -0.2) is 14.6 Å². The first-order valence-electron chi connectivity index (χ1n) is 4.34. The van der Waals surface area contributed by atoms with Crippen molar-refractivity contribution in [2.24, 2.45) is 0 Å². The Labute approximate surface area is 83.9 Å². The number of pyridine rings is 1. The van der Waals surface area contributed by atoms with Crippen molar-refractivity contribution in [3.63, 3.8) is 0 Å². The third-order valence-corrected chi connectivity index (χ3v) is 2.97. The molecule has 0 radical (unpaired) electrons. The maximum atomic E-state index is 4.17. The van der Waals surface area contributed by atoms with Crippen LogP contribution < -0.4 is 0 Å². The van der Waals surface area contributed by atoms with Crippen LogP contribution in [0.25, 0.3) is 5.65 Å². The van der Waals surface area contributed by atoms with Crippen LogP contribution >= 0.6 is 15.9 Å². The first-order valence-corrected chi connectivity index (χ1v) is 5.13. The molecular weight excluding hydrogens is 230 g/mol. The number of aromatic nitrogens is 3. The lowest BCUT2D eigenvalue weighted by Gasteiger charge is -2.00. The molecule has 2 aromatic rings. The van der Waals surface area contributed by atoms with Crippen LogP contribution in [0.3, 0.4) is 0 Å². The molecule has 3 nitrogen and oxygen atoms in total. The van der Waals surface area contributed by atoms with Gasteiger partial charge in [0.15, 0.2) is 5.65 Å². The standard InChI is InChI=1S/C9H8BrN3/c10-8-3-7(6-1-2-6)4-9-11-5-12-13(8)9/h3-6H,1-2H2. The van der Waals surface area contributed by atoms with Crippen LogP contribution in [0.1, 0.15) is 24.3 Å². The van der Waals surface area contributed by atoms with Crippen molar-refractivity contribution < 1.29 is 0 Å². The summed E-state index contributed by atoms with van der Waals surface area (Å²) < 4.78 is 2.79. The zero-order valence-corrected chi connectivity index (χ0v) is 8.53. The summed E-state index contributed by atoms with van der Waals surface area (Å²) in [6.07, 6.45) is 4.21. The van der Waals surface area contributed by atoms with E-state index in [-0.39, 0.29) is 0 Å². The topological polar surface area (TPSA) is 30.2 Å². The van der Waals surface area contributed by atoms with Gasteiger partial charge in [-0.25, -0.2) is 9.50 Å². The summed E-state index contributed by atoms with van der Waals surface area (Å²) in [7, 11) is 0. The minimum absolute atomic E-state index is 0.762. The maximum Gasteiger partial charge on any atom is 0.156 e. The van der Waals surface area contributed by atoms with Gasteiger partial charge in [0.25, 0.3) is 0 Å². The summed E-state index contributed by atoms with van der Waals surface area (Å²) in [5.74, 6) is 0.762. The first-order chi connectivity index (χ1) is 6.34. The molecule has 2 aromatic heterocycles. The number of hydrogen-bond donors (Lipinski definition) is 0. The fraction of sp³-hybridized carbons (Fsp3) is 0.333. The van der Waals surface area contributed by atoms with Crippen molar-refractivity contribution in [2.45, 2.75) is 18.8 Å². The zero-order chi connectivity index (χ0) is 8.84. The fourth-order valence-corrected chi connectivity index (χ4v) is 2.09. The van der Waals surface area contributed by atoms with Gasteiger partial charge < -0.3 is 0 Å². The molecule has 0 amide bonds. The van der Waals surface area contributed by atoms with Crippen molar-refractivity contribution in [3.8, 4) is 0 Å². The van der Waals surface area contributed by atoms with Crippen molar-refractivity contribution in [2.75, 3.05) is 0 Å². The van der Waals surface area contributed by atoms with E-state index in [0.29, 0.717) is 0 Å². The van der Waals surface area contributed by atoms with Crippen LogP contribution in [0.5, 0.6) is 0 Å². The van der Waals surface area contributed by atoms with Crippen molar-refractivity contribution >= 4 is 21.6 Å². The third kappa shape index (κ3) is 1.16. The summed E-state index contributed by atoms with van der Waals surface area (Å²) in [5.41, 5.74) is 2.31. The highest BCUT2D eigenvalue weighted by atomic mass is 79.9. The van der Waals surface area contributed by atoms with Crippen molar-refractivity contribution in [1.29, 1.82) is 0 Å². The van der Waals surface area contributed by atoms with E-state index in [2.05, 4.69) is 38.1 Å². The highest BCUT2D eigenvalue weighted by Gasteiger charge is 2.24. The van der Waals surface area contributed by atoms with E-state index in [1.165, 1.54) is 18.4 Å². The molecule has 0 saturated heterocycles. The van der Waals surface area contributed by atoms with Crippen molar-refractivity contribution in [3.05, 3.63) is 28.6 Å². The van der Waals surface area contributed by atoms with Gasteiger partial charge >= 0.3 is 0 Å². The monoisotopic (exact) mass is 237 g/mol. The molecule has 3 rings (SSSR count). The second kappa shape index (κ2) is 2.54. The lowest BCUT2D eigenvalue weighted by atomic mass is 10.2. The Morgan fingerprint density at radius 3 is 3.00 bits per heavy atom. The highest BCUT2D eigenvalue weighted by molar-refractivity contribution is 9.10. The first kappa shape index (κ1) is 7.50. The Balaban J connectivity index is 2.27. The Morgan fingerprint density at radius 1 is 1.38 bits per heavy atom. The molecule has 0 aliphatic heterocycles. The molecule has 1 saturated carbocycles. The van der Waals surface area contributed by atoms with E-state index in [4.69, 9.17) is 0 Å². The third-order valence-electron chi connectivity index (χ3n) is 2.41. The maximum absolute atomic E-state index is 4.17. The SMILES string of the molecule is Brc1cc(C2CC2)cc2ncnn12. The summed E-state index contributed by atoms with van der Waals surface area (Å²) in [4.78, 5) is 4.17. The zero-order valence-electron chi connectivity index (χ0n) is 6.94. The predicted octanol–water partition coefficient (Wildman–Crippen LogP) is 2.37. The number of hydrogen-bond acceptors (Lipinski definition) is 2. The normalized spacial score (nSPS) is 16.7. The molecule has 4 heteroatoms. The summed E-state index contributed by atoms with van der Waals surface area (Å²) in [6.45, 7) is 0. The van der Waals surface area contributed by atoms with Crippen LogP contribution in [0.2, 0.25) is 0 Å². The smallest absolute Gasteiger partial charge is 0.156 e. The van der Waals surface area contributed by atoms with Crippen molar-refractivity contribution in [1.82, 2.24) is 14.6 Å². The van der Waals surface area contributed by atoms with Crippen LogP contribution in [0.4, 0.5) is 0 Å². The molecule has 0 aromatic carbocycles. The van der Waals surface area contributed by atoms with E-state index in [1.54, 1.807) is 10.8 Å². The van der Waals surface area contributed by atoms with E-state index >= 15 is 0 Å². The Morgan fingerprint density at radius 2 is 2.23 bits per heavy atom. The second-order valence-corrected chi connectivity index (χ2v) is 4.23. The molecule has 2 heterocycles. The van der Waals surface area contributed by atoms with E-state index in [9.17, 15) is 0 Å². The number of fused-ring (bicyclic) bond motifs is 1. The molecule has 66 valence electrons. The minimum Gasteiger partial charge on any atom is -0.215 e. The lowest BCUT2D eigenvalue weighted by Crippen LogP contribution is -1.92. The van der Waals surface area contributed by atoms with Gasteiger partial charge in [0.1, 0.15) is 10.9 Å². The molecule has 0 N–H and O–H groups in total. The highest BCUT2D eigenvalue weighted by Crippen LogP contribution is 2.40. The van der Waals surface area contributed by atoms with Crippen LogP contribution in [0.15, 0.2) is 23.1 Å². The van der Waals surface area contributed by atoms with E-state index in [0.717, 1.165) is 16.2 Å². The number of nitrogens with zero attached hydrogens (tertiary/aromatic N) is 3. The molecule has 0 bridgehead atoms. The Bertz CT molecular complexity index is 459. The van der Waals surface area contributed by atoms with Gasteiger partial charge in [0, 0.05) is 0 Å². The van der Waals surface area contributed by atoms with Gasteiger partial charge in [-0.3, -0.25) is 0 Å². The average Bonchev–Trinajstić information content (AvgIpc) is 2.85. The van der Waals surface area contributed by atoms with Gasteiger partial charge in [-0.05, 0) is 52.4 Å². The van der Waals surface area contributed by atoms with Gasteiger partial charge in [0.2, 0.25) is 0 Å². The van der Waals surface area contributed by atoms with Crippen LogP contribution in [-0.2, 0) is 0 Å². The molecule has 1 fully saturated rings. The summed E-state index contributed by atoms with van der Waals surface area (Å²) in [6, 6.07) is 4.26. The summed E-state index contributed by atoms with van der Waals surface area (Å²) >= 11 is 3.48.